The van der Waals surface area contributed by atoms with Crippen LogP contribution in [0.1, 0.15) is 20.8 Å². The van der Waals surface area contributed by atoms with Crippen molar-refractivity contribution in [2.75, 3.05) is 11.5 Å². The van der Waals surface area contributed by atoms with Crippen LogP contribution < -0.4 is 11.1 Å². The zero-order chi connectivity index (χ0) is 19.4. The number of carbonyl (C=O) groups excluding carboxylic acids is 1. The first-order valence-corrected chi connectivity index (χ1v) is 7.98. The fourth-order valence-corrected chi connectivity index (χ4v) is 2.61. The van der Waals surface area contributed by atoms with E-state index < -0.39 is 40.1 Å². The second-order valence-electron chi connectivity index (χ2n) is 5.95. The first kappa shape index (κ1) is 20.5. The minimum absolute atomic E-state index is 0.0699. The van der Waals surface area contributed by atoms with Gasteiger partial charge in [0.1, 0.15) is 11.6 Å². The molecular weight excluding hydrogens is 357 g/mol. The summed E-state index contributed by atoms with van der Waals surface area (Å²) in [7, 11) is 0. The SMILES string of the molecule is CC(C)(C)OC(=O)N[C@@H](CSc1cc(F)c([N+](=O)[O-])cc1N)C(=O)O. The summed E-state index contributed by atoms with van der Waals surface area (Å²) in [6, 6.07) is 0.386. The molecule has 0 aliphatic heterocycles. The number of nitrogens with zero attached hydrogens (tertiary/aromatic N) is 1. The van der Waals surface area contributed by atoms with E-state index in [-0.39, 0.29) is 16.3 Å². The Kier molecular flexibility index (Phi) is 6.56. The molecule has 0 aliphatic rings. The van der Waals surface area contributed by atoms with E-state index in [1.807, 2.05) is 0 Å². The molecule has 4 N–H and O–H groups in total. The number of amides is 1. The minimum Gasteiger partial charge on any atom is -0.480 e. The van der Waals surface area contributed by atoms with Gasteiger partial charge in [0.05, 0.1) is 10.6 Å². The molecule has 1 atom stereocenters. The number of ether oxygens (including phenoxy) is 1. The van der Waals surface area contributed by atoms with Gasteiger partial charge in [0, 0.05) is 16.7 Å². The van der Waals surface area contributed by atoms with Crippen LogP contribution in [0.25, 0.3) is 0 Å². The third-order valence-electron chi connectivity index (χ3n) is 2.67. The van der Waals surface area contributed by atoms with Crippen LogP contribution in [0.3, 0.4) is 0 Å². The van der Waals surface area contributed by atoms with E-state index in [0.717, 1.165) is 23.9 Å². The van der Waals surface area contributed by atoms with Gasteiger partial charge in [-0.05, 0) is 26.8 Å². The lowest BCUT2D eigenvalue weighted by atomic mass is 10.2. The Bertz CT molecular complexity index is 692. The standard InChI is InChI=1S/C14H18FN3O6S/c1-14(2,3)24-13(21)17-9(12(19)20)6-25-11-4-7(15)10(18(22)23)5-8(11)16/h4-5,9H,6,16H2,1-3H3,(H,17,21)(H,19,20)/t9-/m0/s1. The van der Waals surface area contributed by atoms with Crippen LogP contribution >= 0.6 is 11.8 Å². The van der Waals surface area contributed by atoms with Crippen molar-refractivity contribution >= 4 is 35.2 Å². The fraction of sp³-hybridized carbons (Fsp3) is 0.429. The summed E-state index contributed by atoms with van der Waals surface area (Å²) in [4.78, 5) is 32.8. The number of alkyl carbamates (subject to hydrolysis) is 1. The average molecular weight is 375 g/mol. The predicted octanol–water partition coefficient (Wildman–Crippen LogP) is 2.39. The molecule has 0 unspecified atom stereocenters. The van der Waals surface area contributed by atoms with Gasteiger partial charge in [0.15, 0.2) is 0 Å². The summed E-state index contributed by atoms with van der Waals surface area (Å²) in [5.41, 5.74) is 3.98. The molecule has 25 heavy (non-hydrogen) atoms. The molecule has 0 bridgehead atoms. The number of carboxylic acids is 1. The molecule has 138 valence electrons. The van der Waals surface area contributed by atoms with Crippen LogP contribution in [0.15, 0.2) is 17.0 Å². The van der Waals surface area contributed by atoms with Gasteiger partial charge >= 0.3 is 17.7 Å². The number of nitro benzene ring substituents is 1. The van der Waals surface area contributed by atoms with Crippen molar-refractivity contribution in [3.05, 3.63) is 28.1 Å². The maximum atomic E-state index is 13.6. The largest absolute Gasteiger partial charge is 0.480 e. The molecule has 0 heterocycles. The van der Waals surface area contributed by atoms with Crippen LogP contribution in [-0.2, 0) is 9.53 Å². The number of carbonyl (C=O) groups is 2. The number of anilines is 1. The Labute approximate surface area is 146 Å². The van der Waals surface area contributed by atoms with E-state index in [2.05, 4.69) is 5.32 Å². The van der Waals surface area contributed by atoms with E-state index in [0.29, 0.717) is 0 Å². The van der Waals surface area contributed by atoms with E-state index in [4.69, 9.17) is 15.6 Å². The highest BCUT2D eigenvalue weighted by Gasteiger charge is 2.25. The summed E-state index contributed by atoms with van der Waals surface area (Å²) >= 11 is 0.839. The normalized spacial score (nSPS) is 12.3. The number of nitrogens with one attached hydrogen (secondary N) is 1. The number of carboxylic acid groups (broad SMARTS) is 1. The lowest BCUT2D eigenvalue weighted by molar-refractivity contribution is -0.387. The summed E-state index contributed by atoms with van der Waals surface area (Å²) in [5, 5.41) is 22.0. The first-order valence-electron chi connectivity index (χ1n) is 6.99. The lowest BCUT2D eigenvalue weighted by Gasteiger charge is -2.22. The van der Waals surface area contributed by atoms with Crippen molar-refractivity contribution in [1.29, 1.82) is 0 Å². The van der Waals surface area contributed by atoms with E-state index in [9.17, 15) is 24.1 Å². The van der Waals surface area contributed by atoms with Gasteiger partial charge in [-0.3, -0.25) is 10.1 Å². The predicted molar refractivity (Wildman–Crippen MR) is 89.0 cm³/mol. The maximum absolute atomic E-state index is 13.6. The van der Waals surface area contributed by atoms with E-state index >= 15 is 0 Å². The molecule has 9 nitrogen and oxygen atoms in total. The van der Waals surface area contributed by atoms with Gasteiger partial charge in [0.2, 0.25) is 5.82 Å². The zero-order valence-corrected chi connectivity index (χ0v) is 14.6. The molecule has 1 aromatic rings. The molecule has 1 rings (SSSR count). The van der Waals surface area contributed by atoms with E-state index in [1.54, 1.807) is 20.8 Å². The molecule has 0 saturated carbocycles. The Morgan fingerprint density at radius 2 is 2.08 bits per heavy atom. The molecule has 1 amide bonds. The van der Waals surface area contributed by atoms with Crippen LogP contribution in [0.5, 0.6) is 0 Å². The average Bonchev–Trinajstić information content (AvgIpc) is 2.43. The van der Waals surface area contributed by atoms with Crippen LogP contribution in [-0.4, -0.2) is 39.5 Å². The molecule has 0 aliphatic carbocycles. The van der Waals surface area contributed by atoms with Crippen molar-refractivity contribution in [3.63, 3.8) is 0 Å². The molecule has 0 radical (unpaired) electrons. The number of rotatable bonds is 6. The monoisotopic (exact) mass is 375 g/mol. The van der Waals surface area contributed by atoms with Crippen LogP contribution in [0.4, 0.5) is 20.6 Å². The van der Waals surface area contributed by atoms with Crippen molar-refractivity contribution in [2.24, 2.45) is 0 Å². The van der Waals surface area contributed by atoms with Gasteiger partial charge in [-0.15, -0.1) is 11.8 Å². The second-order valence-corrected chi connectivity index (χ2v) is 7.01. The molecule has 0 spiro atoms. The Hall–Kier alpha value is -2.56. The topological polar surface area (TPSA) is 145 Å². The quantitative estimate of drug-likeness (QED) is 0.297. The number of halogens is 1. The van der Waals surface area contributed by atoms with Gasteiger partial charge in [0.25, 0.3) is 0 Å². The second kappa shape index (κ2) is 8.01. The number of nitrogens with two attached hydrogens (primary N) is 1. The van der Waals surface area contributed by atoms with Crippen molar-refractivity contribution in [2.45, 2.75) is 37.3 Å². The molecule has 11 heteroatoms. The zero-order valence-electron chi connectivity index (χ0n) is 13.7. The van der Waals surface area contributed by atoms with Crippen molar-refractivity contribution in [1.82, 2.24) is 5.32 Å². The summed E-state index contributed by atoms with van der Waals surface area (Å²) < 4.78 is 18.6. The lowest BCUT2D eigenvalue weighted by Crippen LogP contribution is -2.44. The number of aliphatic carboxylic acids is 1. The van der Waals surface area contributed by atoms with Crippen molar-refractivity contribution in [3.8, 4) is 0 Å². The first-order chi connectivity index (χ1) is 11.4. The highest BCUT2D eigenvalue weighted by Crippen LogP contribution is 2.31. The fourth-order valence-electron chi connectivity index (χ4n) is 1.62. The minimum atomic E-state index is -1.32. The number of hydrogen-bond donors (Lipinski definition) is 3. The third kappa shape index (κ3) is 6.45. The highest BCUT2D eigenvalue weighted by molar-refractivity contribution is 7.99. The van der Waals surface area contributed by atoms with Crippen molar-refractivity contribution < 1.29 is 28.7 Å². The third-order valence-corrected chi connectivity index (χ3v) is 3.84. The molecule has 0 aromatic heterocycles. The maximum Gasteiger partial charge on any atom is 0.408 e. The molecule has 0 saturated heterocycles. The summed E-state index contributed by atoms with van der Waals surface area (Å²) in [6.07, 6.45) is -0.914. The number of hydrogen-bond acceptors (Lipinski definition) is 7. The summed E-state index contributed by atoms with van der Waals surface area (Å²) in [5.74, 6) is -2.59. The van der Waals surface area contributed by atoms with Gasteiger partial charge in [-0.25, -0.2) is 9.59 Å². The van der Waals surface area contributed by atoms with Gasteiger partial charge in [-0.1, -0.05) is 0 Å². The highest BCUT2D eigenvalue weighted by atomic mass is 32.2. The summed E-state index contributed by atoms with van der Waals surface area (Å²) in [6.45, 7) is 4.87. The number of thioether (sulfide) groups is 1. The van der Waals surface area contributed by atoms with E-state index in [1.165, 1.54) is 0 Å². The van der Waals surface area contributed by atoms with Crippen LogP contribution in [0.2, 0.25) is 0 Å². The molecule has 1 aromatic carbocycles. The Morgan fingerprint density at radius 3 is 2.56 bits per heavy atom. The number of nitro groups is 1. The molecule has 0 fully saturated rings. The Morgan fingerprint density at radius 1 is 1.48 bits per heavy atom. The smallest absolute Gasteiger partial charge is 0.408 e. The number of nitrogen functional groups attached to an aromatic ring is 1. The number of benzene rings is 1. The van der Waals surface area contributed by atoms with Crippen LogP contribution in [0, 0.1) is 15.9 Å². The Balaban J connectivity index is 2.82. The van der Waals surface area contributed by atoms with Gasteiger partial charge < -0.3 is 20.9 Å². The van der Waals surface area contributed by atoms with Gasteiger partial charge in [-0.2, -0.15) is 4.39 Å². The molecular formula is C14H18FN3O6S.